The number of esters is 2. The molecular formula is C41H63BrN6O6. The third-order valence-electron chi connectivity index (χ3n) is 9.38. The SMILES string of the molecule is C=CC(=O)OCCCCCOC1=CC(N=NC2C=CC(N(CCC)CCC)=CC2C)C(OCCCCCOC(=O)C=C)CC1N=NC1C=CC(N)CC1Br. The number of ether oxygens (including phenoxy) is 4. The summed E-state index contributed by atoms with van der Waals surface area (Å²) in [5, 5.41) is 19.3. The predicted octanol–water partition coefficient (Wildman–Crippen LogP) is 8.12. The van der Waals surface area contributed by atoms with Gasteiger partial charge in [0.15, 0.2) is 0 Å². The van der Waals surface area contributed by atoms with Crippen LogP contribution in [0.25, 0.3) is 0 Å². The van der Waals surface area contributed by atoms with Gasteiger partial charge in [0.05, 0.1) is 32.0 Å². The van der Waals surface area contributed by atoms with E-state index < -0.39 is 11.9 Å². The molecule has 0 saturated heterocycles. The Morgan fingerprint density at radius 2 is 1.43 bits per heavy atom. The highest BCUT2D eigenvalue weighted by atomic mass is 79.9. The first-order chi connectivity index (χ1) is 26.2. The van der Waals surface area contributed by atoms with E-state index in [1.807, 2.05) is 18.2 Å². The topological polar surface area (TPSA) is 150 Å². The Bertz CT molecular complexity index is 1360. The van der Waals surface area contributed by atoms with Crippen molar-refractivity contribution in [3.05, 3.63) is 73.2 Å². The summed E-state index contributed by atoms with van der Waals surface area (Å²) in [6.07, 6.45) is 22.9. The van der Waals surface area contributed by atoms with E-state index in [2.05, 4.69) is 73.0 Å². The van der Waals surface area contributed by atoms with Crippen LogP contribution in [0.5, 0.6) is 0 Å². The van der Waals surface area contributed by atoms with Crippen LogP contribution in [0.2, 0.25) is 0 Å². The van der Waals surface area contributed by atoms with Crippen LogP contribution in [0, 0.1) is 5.92 Å². The van der Waals surface area contributed by atoms with E-state index in [-0.39, 0.29) is 47.1 Å². The largest absolute Gasteiger partial charge is 0.496 e. The number of nitrogens with zero attached hydrogens (tertiary/aromatic N) is 5. The average Bonchev–Trinajstić information content (AvgIpc) is 3.16. The van der Waals surface area contributed by atoms with Gasteiger partial charge in [0.1, 0.15) is 23.9 Å². The number of carbonyl (C=O) groups is 2. The summed E-state index contributed by atoms with van der Waals surface area (Å²) in [7, 11) is 0. The number of nitrogens with two attached hydrogens (primary N) is 1. The molecule has 0 aliphatic heterocycles. The highest BCUT2D eigenvalue weighted by Crippen LogP contribution is 2.31. The molecule has 3 aliphatic rings. The number of rotatable bonds is 25. The van der Waals surface area contributed by atoms with Crippen LogP contribution in [0.1, 0.15) is 85.0 Å². The number of hydrogen-bond acceptors (Lipinski definition) is 12. The van der Waals surface area contributed by atoms with Crippen molar-refractivity contribution in [3.8, 4) is 0 Å². The first-order valence-electron chi connectivity index (χ1n) is 19.8. The fraction of sp³-hybridized carbons (Fsp3) is 0.659. The third kappa shape index (κ3) is 16.1. The van der Waals surface area contributed by atoms with E-state index >= 15 is 0 Å². The monoisotopic (exact) mass is 814 g/mol. The van der Waals surface area contributed by atoms with Crippen molar-refractivity contribution in [1.29, 1.82) is 0 Å². The van der Waals surface area contributed by atoms with E-state index in [0.29, 0.717) is 38.6 Å². The van der Waals surface area contributed by atoms with Crippen LogP contribution in [-0.4, -0.2) is 97.5 Å². The molecule has 0 aromatic carbocycles. The lowest BCUT2D eigenvalue weighted by Crippen LogP contribution is -2.37. The highest BCUT2D eigenvalue weighted by molar-refractivity contribution is 9.09. The van der Waals surface area contributed by atoms with Gasteiger partial charge in [-0.15, -0.1) is 0 Å². The molecule has 0 heterocycles. The lowest BCUT2D eigenvalue weighted by Gasteiger charge is -2.32. The van der Waals surface area contributed by atoms with Gasteiger partial charge >= 0.3 is 11.9 Å². The number of alkyl halides is 1. The zero-order chi connectivity index (χ0) is 39.1. The second kappa shape index (κ2) is 25.6. The summed E-state index contributed by atoms with van der Waals surface area (Å²) >= 11 is 3.74. The van der Waals surface area contributed by atoms with E-state index in [4.69, 9.17) is 45.1 Å². The maximum Gasteiger partial charge on any atom is 0.330 e. The first-order valence-corrected chi connectivity index (χ1v) is 20.7. The normalized spacial score (nSPS) is 26.7. The van der Waals surface area contributed by atoms with E-state index in [1.54, 1.807) is 0 Å². The Morgan fingerprint density at radius 3 is 2.04 bits per heavy atom. The summed E-state index contributed by atoms with van der Waals surface area (Å²) in [5.74, 6) is 0.0647. The molecule has 0 saturated carbocycles. The summed E-state index contributed by atoms with van der Waals surface area (Å²) in [4.78, 5) is 25.3. The molecule has 0 aromatic heterocycles. The summed E-state index contributed by atoms with van der Waals surface area (Å²) in [6.45, 7) is 17.2. The number of hydrogen-bond donors (Lipinski definition) is 1. The summed E-state index contributed by atoms with van der Waals surface area (Å²) < 4.78 is 23.1. The van der Waals surface area contributed by atoms with Crippen LogP contribution < -0.4 is 5.73 Å². The number of halogens is 1. The number of carbonyl (C=O) groups excluding carboxylic acids is 2. The Kier molecular flexibility index (Phi) is 21.3. The number of allylic oxidation sites excluding steroid dienone is 1. The van der Waals surface area contributed by atoms with Crippen LogP contribution >= 0.6 is 15.9 Å². The second-order valence-corrected chi connectivity index (χ2v) is 15.1. The zero-order valence-corrected chi connectivity index (χ0v) is 34.2. The first kappa shape index (κ1) is 45.0. The summed E-state index contributed by atoms with van der Waals surface area (Å²) in [6, 6.07) is -0.984. The van der Waals surface area contributed by atoms with Crippen molar-refractivity contribution in [3.63, 3.8) is 0 Å². The fourth-order valence-corrected chi connectivity index (χ4v) is 7.09. The van der Waals surface area contributed by atoms with Crippen molar-refractivity contribution < 1.29 is 28.5 Å². The van der Waals surface area contributed by atoms with Crippen LogP contribution in [0.3, 0.4) is 0 Å². The highest BCUT2D eigenvalue weighted by Gasteiger charge is 2.35. The molecule has 2 N–H and O–H groups in total. The Morgan fingerprint density at radius 1 is 0.815 bits per heavy atom. The average molecular weight is 816 g/mol. The van der Waals surface area contributed by atoms with Gasteiger partial charge in [-0.2, -0.15) is 20.5 Å². The van der Waals surface area contributed by atoms with Crippen molar-refractivity contribution in [1.82, 2.24) is 4.90 Å². The molecule has 8 unspecified atom stereocenters. The zero-order valence-electron chi connectivity index (χ0n) is 32.6. The standard InChI is InChI=1S/C41H63BrN6O6/c1-6-20-48(21-7-2)32-17-19-34(30(5)26-32)44-46-36-28-39(52-23-13-11-15-25-54-41(50)9-4)37(47-45-35-18-16-31(43)27-33(35)42)29-38(36)51-22-12-10-14-24-53-40(49)8-3/h8-9,16-19,26,28,30-31,33-38H,3-4,6-7,10-15,20-25,27,29,43H2,1-2,5H3. The molecule has 0 aromatic rings. The minimum atomic E-state index is -0.414. The molecule has 0 fully saturated rings. The molecule has 8 atom stereocenters. The van der Waals surface area contributed by atoms with E-state index in [1.165, 1.54) is 17.8 Å². The maximum absolute atomic E-state index is 11.4. The molecule has 54 heavy (non-hydrogen) atoms. The minimum Gasteiger partial charge on any atom is -0.496 e. The molecule has 0 spiro atoms. The fourth-order valence-electron chi connectivity index (χ4n) is 6.37. The van der Waals surface area contributed by atoms with Gasteiger partial charge in [0.25, 0.3) is 0 Å². The lowest BCUT2D eigenvalue weighted by molar-refractivity contribution is -0.138. The van der Waals surface area contributed by atoms with Crippen molar-refractivity contribution in [2.45, 2.75) is 126 Å². The van der Waals surface area contributed by atoms with Gasteiger partial charge in [0.2, 0.25) is 0 Å². The quantitative estimate of drug-likeness (QED) is 0.0243. The smallest absolute Gasteiger partial charge is 0.330 e. The van der Waals surface area contributed by atoms with Crippen molar-refractivity contribution in [2.75, 3.05) is 39.5 Å². The molecule has 3 rings (SSSR count). The molecule has 300 valence electrons. The lowest BCUT2D eigenvalue weighted by atomic mass is 9.94. The van der Waals surface area contributed by atoms with E-state index in [9.17, 15) is 9.59 Å². The van der Waals surface area contributed by atoms with Crippen molar-refractivity contribution in [2.24, 2.45) is 32.1 Å². The minimum absolute atomic E-state index is 0.0112. The van der Waals surface area contributed by atoms with Gasteiger partial charge in [0, 0.05) is 60.8 Å². The van der Waals surface area contributed by atoms with Gasteiger partial charge in [-0.1, -0.05) is 74.2 Å². The molecular weight excluding hydrogens is 752 g/mol. The van der Waals surface area contributed by atoms with Gasteiger partial charge in [-0.05, 0) is 69.9 Å². The molecule has 12 nitrogen and oxygen atoms in total. The van der Waals surface area contributed by atoms with Gasteiger partial charge in [-0.3, -0.25) is 0 Å². The Balaban J connectivity index is 1.78. The van der Waals surface area contributed by atoms with E-state index in [0.717, 1.165) is 70.9 Å². The molecule has 0 bridgehead atoms. The number of azo groups is 2. The van der Waals surface area contributed by atoms with Crippen LogP contribution in [0.15, 0.2) is 93.7 Å². The Hall–Kier alpha value is -3.42. The second-order valence-electron chi connectivity index (χ2n) is 14.0. The van der Waals surface area contributed by atoms with Crippen LogP contribution in [-0.2, 0) is 28.5 Å². The predicted molar refractivity (Wildman–Crippen MR) is 216 cm³/mol. The van der Waals surface area contributed by atoms with Crippen LogP contribution in [0.4, 0.5) is 0 Å². The van der Waals surface area contributed by atoms with Crippen molar-refractivity contribution >= 4 is 27.9 Å². The summed E-state index contributed by atoms with van der Waals surface area (Å²) in [5.41, 5.74) is 7.37. The van der Waals surface area contributed by atoms with Gasteiger partial charge in [-0.25, -0.2) is 9.59 Å². The van der Waals surface area contributed by atoms with Gasteiger partial charge < -0.3 is 29.6 Å². The third-order valence-corrected chi connectivity index (χ3v) is 10.3. The molecule has 13 heteroatoms. The maximum atomic E-state index is 11.4. The molecule has 3 aliphatic carbocycles. The molecule has 0 radical (unpaired) electrons. The molecule has 0 amide bonds. The Labute approximate surface area is 331 Å². The number of unbranched alkanes of at least 4 members (excludes halogenated alkanes) is 4.